The van der Waals surface area contributed by atoms with Crippen LogP contribution < -0.4 is 0 Å². The highest BCUT2D eigenvalue weighted by Crippen LogP contribution is 2.33. The first-order valence-electron chi connectivity index (χ1n) is 6.53. The lowest BCUT2D eigenvalue weighted by Crippen LogP contribution is -2.17. The number of aliphatic hydroxyl groups is 1. The molecule has 2 rings (SSSR count). The van der Waals surface area contributed by atoms with Crippen molar-refractivity contribution in [3.63, 3.8) is 0 Å². The van der Waals surface area contributed by atoms with Gasteiger partial charge in [0.25, 0.3) is 0 Å². The van der Waals surface area contributed by atoms with Crippen LogP contribution in [-0.2, 0) is 5.41 Å². The van der Waals surface area contributed by atoms with E-state index in [0.717, 1.165) is 11.1 Å². The molecule has 3 heteroatoms. The van der Waals surface area contributed by atoms with E-state index in [0.29, 0.717) is 5.02 Å². The predicted octanol–water partition coefficient (Wildman–Crippen LogP) is 4.86. The molecule has 1 atom stereocenters. The SMILES string of the molecule is CC(C)(C)c1ccccc1C(O)c1ccc(Cl)cc1F. The molecule has 20 heavy (non-hydrogen) atoms. The van der Waals surface area contributed by atoms with Gasteiger partial charge < -0.3 is 5.11 Å². The Morgan fingerprint density at radius 1 is 1.05 bits per heavy atom. The zero-order chi connectivity index (χ0) is 14.9. The van der Waals surface area contributed by atoms with Crippen LogP contribution in [0, 0.1) is 5.82 Å². The van der Waals surface area contributed by atoms with Crippen LogP contribution in [-0.4, -0.2) is 5.11 Å². The highest BCUT2D eigenvalue weighted by molar-refractivity contribution is 6.30. The van der Waals surface area contributed by atoms with E-state index in [-0.39, 0.29) is 11.0 Å². The summed E-state index contributed by atoms with van der Waals surface area (Å²) in [6.45, 7) is 6.20. The van der Waals surface area contributed by atoms with Crippen LogP contribution in [0.2, 0.25) is 5.02 Å². The van der Waals surface area contributed by atoms with Gasteiger partial charge in [0.05, 0.1) is 0 Å². The molecule has 2 aromatic rings. The van der Waals surface area contributed by atoms with E-state index in [9.17, 15) is 9.50 Å². The lowest BCUT2D eigenvalue weighted by molar-refractivity contribution is 0.212. The molecule has 0 aliphatic heterocycles. The average molecular weight is 293 g/mol. The summed E-state index contributed by atoms with van der Waals surface area (Å²) in [6.07, 6.45) is -0.998. The molecule has 1 N–H and O–H groups in total. The minimum absolute atomic E-state index is 0.125. The molecule has 0 fully saturated rings. The monoisotopic (exact) mass is 292 g/mol. The Kier molecular flexibility index (Phi) is 4.17. The van der Waals surface area contributed by atoms with Crippen LogP contribution >= 0.6 is 11.6 Å². The molecule has 0 bridgehead atoms. The van der Waals surface area contributed by atoms with Gasteiger partial charge in [-0.2, -0.15) is 0 Å². The summed E-state index contributed by atoms with van der Waals surface area (Å²) in [6, 6.07) is 11.9. The van der Waals surface area contributed by atoms with Crippen LogP contribution in [0.3, 0.4) is 0 Å². The second-order valence-corrected chi connectivity index (χ2v) is 6.34. The first-order chi connectivity index (χ1) is 9.30. The number of rotatable bonds is 2. The zero-order valence-electron chi connectivity index (χ0n) is 11.8. The number of hydrogen-bond acceptors (Lipinski definition) is 1. The second-order valence-electron chi connectivity index (χ2n) is 5.91. The van der Waals surface area contributed by atoms with Crippen LogP contribution in [0.4, 0.5) is 4.39 Å². The molecule has 0 aliphatic rings. The van der Waals surface area contributed by atoms with E-state index in [1.54, 1.807) is 6.07 Å². The molecule has 0 aliphatic carbocycles. The quantitative estimate of drug-likeness (QED) is 0.838. The van der Waals surface area contributed by atoms with Crippen molar-refractivity contribution in [3.8, 4) is 0 Å². The highest BCUT2D eigenvalue weighted by Gasteiger charge is 2.23. The topological polar surface area (TPSA) is 20.2 Å². The Hall–Kier alpha value is -1.38. The van der Waals surface area contributed by atoms with Crippen molar-refractivity contribution in [1.29, 1.82) is 0 Å². The maximum atomic E-state index is 14.0. The van der Waals surface area contributed by atoms with Gasteiger partial charge in [0.2, 0.25) is 0 Å². The third-order valence-electron chi connectivity index (χ3n) is 3.32. The minimum atomic E-state index is -0.998. The van der Waals surface area contributed by atoms with Crippen molar-refractivity contribution in [2.45, 2.75) is 32.3 Å². The van der Waals surface area contributed by atoms with Crippen LogP contribution in [0.25, 0.3) is 0 Å². The van der Waals surface area contributed by atoms with Gasteiger partial charge in [-0.25, -0.2) is 4.39 Å². The first-order valence-corrected chi connectivity index (χ1v) is 6.91. The van der Waals surface area contributed by atoms with Crippen molar-refractivity contribution < 1.29 is 9.50 Å². The summed E-state index contributed by atoms with van der Waals surface area (Å²) in [5.74, 6) is -0.492. The summed E-state index contributed by atoms with van der Waals surface area (Å²) in [7, 11) is 0. The van der Waals surface area contributed by atoms with Gasteiger partial charge in [-0.1, -0.05) is 62.7 Å². The van der Waals surface area contributed by atoms with E-state index in [2.05, 4.69) is 20.8 Å². The molecule has 0 spiro atoms. The predicted molar refractivity (Wildman–Crippen MR) is 80.6 cm³/mol. The Morgan fingerprint density at radius 2 is 1.70 bits per heavy atom. The van der Waals surface area contributed by atoms with Crippen LogP contribution in [0.15, 0.2) is 42.5 Å². The third kappa shape index (κ3) is 3.02. The van der Waals surface area contributed by atoms with Crippen molar-refractivity contribution >= 4 is 11.6 Å². The molecule has 0 saturated heterocycles. The molecule has 0 amide bonds. The lowest BCUT2D eigenvalue weighted by atomic mass is 9.81. The van der Waals surface area contributed by atoms with Crippen LogP contribution in [0.1, 0.15) is 43.6 Å². The van der Waals surface area contributed by atoms with Gasteiger partial charge in [0.1, 0.15) is 11.9 Å². The van der Waals surface area contributed by atoms with Crippen LogP contribution in [0.5, 0.6) is 0 Å². The number of halogens is 2. The maximum absolute atomic E-state index is 14.0. The third-order valence-corrected chi connectivity index (χ3v) is 3.56. The molecule has 0 radical (unpaired) electrons. The van der Waals surface area contributed by atoms with Crippen molar-refractivity contribution in [3.05, 3.63) is 70.0 Å². The molecule has 1 nitrogen and oxygen atoms in total. The fraction of sp³-hybridized carbons (Fsp3) is 0.294. The minimum Gasteiger partial charge on any atom is -0.384 e. The van der Waals surface area contributed by atoms with Gasteiger partial charge >= 0.3 is 0 Å². The average Bonchev–Trinajstić information content (AvgIpc) is 2.37. The molecule has 0 saturated carbocycles. The molecule has 2 aromatic carbocycles. The number of hydrogen-bond donors (Lipinski definition) is 1. The Bertz CT molecular complexity index is 617. The highest BCUT2D eigenvalue weighted by atomic mass is 35.5. The largest absolute Gasteiger partial charge is 0.384 e. The van der Waals surface area contributed by atoms with Crippen molar-refractivity contribution in [1.82, 2.24) is 0 Å². The molecular formula is C17H18ClFO. The van der Waals surface area contributed by atoms with E-state index >= 15 is 0 Å². The van der Waals surface area contributed by atoms with Crippen molar-refractivity contribution in [2.75, 3.05) is 0 Å². The van der Waals surface area contributed by atoms with Crippen molar-refractivity contribution in [2.24, 2.45) is 0 Å². The van der Waals surface area contributed by atoms with Gasteiger partial charge in [0, 0.05) is 10.6 Å². The van der Waals surface area contributed by atoms with Gasteiger partial charge in [0.15, 0.2) is 0 Å². The molecule has 106 valence electrons. The fourth-order valence-corrected chi connectivity index (χ4v) is 2.47. The number of aliphatic hydroxyl groups excluding tert-OH is 1. The Morgan fingerprint density at radius 3 is 2.30 bits per heavy atom. The molecule has 1 unspecified atom stereocenters. The maximum Gasteiger partial charge on any atom is 0.130 e. The summed E-state index contributed by atoms with van der Waals surface area (Å²) in [5, 5.41) is 10.8. The Balaban J connectivity index is 2.51. The zero-order valence-corrected chi connectivity index (χ0v) is 12.6. The first kappa shape index (κ1) is 15.0. The summed E-state index contributed by atoms with van der Waals surface area (Å²) in [4.78, 5) is 0. The Labute approximate surface area is 124 Å². The number of benzene rings is 2. The standard InChI is InChI=1S/C17H18ClFO/c1-17(2,3)14-7-5-4-6-12(14)16(20)13-9-8-11(18)10-15(13)19/h4-10,16,20H,1-3H3. The van der Waals surface area contributed by atoms with E-state index < -0.39 is 11.9 Å². The molecule has 0 heterocycles. The van der Waals surface area contributed by atoms with Gasteiger partial charge in [-0.3, -0.25) is 0 Å². The van der Waals surface area contributed by atoms with Gasteiger partial charge in [-0.05, 0) is 28.7 Å². The van der Waals surface area contributed by atoms with Gasteiger partial charge in [-0.15, -0.1) is 0 Å². The fourth-order valence-electron chi connectivity index (χ4n) is 2.31. The van der Waals surface area contributed by atoms with E-state index in [4.69, 9.17) is 11.6 Å². The van der Waals surface area contributed by atoms with E-state index in [1.807, 2.05) is 24.3 Å². The summed E-state index contributed by atoms with van der Waals surface area (Å²) >= 11 is 5.75. The lowest BCUT2D eigenvalue weighted by Gasteiger charge is -2.25. The smallest absolute Gasteiger partial charge is 0.130 e. The second kappa shape index (κ2) is 5.55. The summed E-state index contributed by atoms with van der Waals surface area (Å²) in [5.41, 5.74) is 1.84. The molecular weight excluding hydrogens is 275 g/mol. The summed E-state index contributed by atoms with van der Waals surface area (Å²) < 4.78 is 14.0. The van der Waals surface area contributed by atoms with E-state index in [1.165, 1.54) is 12.1 Å². The molecule has 0 aromatic heterocycles. The normalized spacial score (nSPS) is 13.3.